The second-order valence-electron chi connectivity index (χ2n) is 8.60. The van der Waals surface area contributed by atoms with Crippen molar-refractivity contribution in [3.63, 3.8) is 0 Å². The van der Waals surface area contributed by atoms with Crippen molar-refractivity contribution >= 4 is 28.9 Å². The van der Waals surface area contributed by atoms with Crippen molar-refractivity contribution < 1.29 is 13.9 Å². The van der Waals surface area contributed by atoms with Crippen LogP contribution in [-0.2, 0) is 4.79 Å². The van der Waals surface area contributed by atoms with Gasteiger partial charge in [0.05, 0.1) is 5.69 Å². The molecule has 1 aliphatic rings. The molecule has 0 spiro atoms. The maximum absolute atomic E-state index is 15.0. The minimum atomic E-state index is -0.322. The van der Waals surface area contributed by atoms with E-state index in [2.05, 4.69) is 49.0 Å². The van der Waals surface area contributed by atoms with Gasteiger partial charge in [0, 0.05) is 55.4 Å². The summed E-state index contributed by atoms with van der Waals surface area (Å²) in [7, 11) is 2.07. The first-order valence-electron chi connectivity index (χ1n) is 11.9. The highest BCUT2D eigenvalue weighted by Crippen LogP contribution is 2.27. The number of benzene rings is 2. The summed E-state index contributed by atoms with van der Waals surface area (Å²) in [6.07, 6.45) is 4.17. The second kappa shape index (κ2) is 12.0. The average Bonchev–Trinajstić information content (AvgIpc) is 2.96. The third-order valence-corrected chi connectivity index (χ3v) is 5.82. The van der Waals surface area contributed by atoms with Crippen LogP contribution in [0.1, 0.15) is 5.56 Å². The van der Waals surface area contributed by atoms with Crippen molar-refractivity contribution in [1.82, 2.24) is 19.9 Å². The van der Waals surface area contributed by atoms with E-state index in [0.29, 0.717) is 34.6 Å². The van der Waals surface area contributed by atoms with E-state index in [0.717, 1.165) is 31.7 Å². The Bertz CT molecular complexity index is 1320. The summed E-state index contributed by atoms with van der Waals surface area (Å²) in [5, 5.41) is 5.81. The topological polar surface area (TPSA) is 98.4 Å². The fraction of sp³-hybridized carbons (Fsp3) is 0.222. The molecule has 1 aliphatic heterocycles. The SMILES string of the molecule is C=CC(=O)Nc1cccc(Oc2[nH]c(Nc3ccc(N4CCN(C)CC4)c(F)c3)ncnccc2C)c1. The second-order valence-corrected chi connectivity index (χ2v) is 8.60. The van der Waals surface area contributed by atoms with Crippen LogP contribution < -0.4 is 20.3 Å². The molecule has 2 aromatic carbocycles. The normalized spacial score (nSPS) is 13.4. The molecular formula is C27H30FN7O2. The van der Waals surface area contributed by atoms with Crippen LogP contribution in [0.15, 0.2) is 73.7 Å². The molecule has 2 heterocycles. The molecule has 37 heavy (non-hydrogen) atoms. The zero-order valence-corrected chi connectivity index (χ0v) is 20.9. The maximum atomic E-state index is 15.0. The Morgan fingerprint density at radius 2 is 1.95 bits per heavy atom. The number of amides is 1. The van der Waals surface area contributed by atoms with Crippen molar-refractivity contribution in [2.45, 2.75) is 6.92 Å². The number of anilines is 4. The highest BCUT2D eigenvalue weighted by atomic mass is 19.1. The van der Waals surface area contributed by atoms with Gasteiger partial charge in [-0.3, -0.25) is 9.78 Å². The predicted molar refractivity (Wildman–Crippen MR) is 143 cm³/mol. The number of rotatable bonds is 7. The Hall–Kier alpha value is -4.44. The number of carbonyl (C=O) groups is 1. The predicted octanol–water partition coefficient (Wildman–Crippen LogP) is 4.79. The van der Waals surface area contributed by atoms with Crippen LogP contribution in [0.5, 0.6) is 11.6 Å². The van der Waals surface area contributed by atoms with Crippen molar-refractivity contribution in [3.05, 3.63) is 85.1 Å². The molecule has 0 radical (unpaired) electrons. The Morgan fingerprint density at radius 3 is 2.70 bits per heavy atom. The van der Waals surface area contributed by atoms with Crippen molar-refractivity contribution in [3.8, 4) is 11.6 Å². The van der Waals surface area contributed by atoms with E-state index in [9.17, 15) is 4.79 Å². The standard InChI is InChI=1S/C27H30FN7O2/c1-4-25(36)31-20-6-5-7-22(16-20)37-26-19(2)10-11-29-18-30-27(33-26)32-21-8-9-24(23(28)17-21)35-14-12-34(3)13-15-35/h4-11,16-18H,1,12-15H2,2-3H3,(H,31,36)(H2,29,30,32,33). The van der Waals surface area contributed by atoms with Crippen LogP contribution in [0, 0.1) is 12.7 Å². The molecular weight excluding hydrogens is 473 g/mol. The third kappa shape index (κ3) is 7.05. The summed E-state index contributed by atoms with van der Waals surface area (Å²) < 4.78 is 21.1. The number of hydrogen-bond donors (Lipinski definition) is 3. The lowest BCUT2D eigenvalue weighted by Gasteiger charge is -2.34. The Kier molecular flexibility index (Phi) is 8.32. The minimum absolute atomic E-state index is 0.296. The molecule has 1 saturated heterocycles. The van der Waals surface area contributed by atoms with E-state index >= 15 is 4.39 Å². The average molecular weight is 504 g/mol. The molecule has 10 heteroatoms. The van der Waals surface area contributed by atoms with Crippen molar-refractivity contribution in [2.75, 3.05) is 48.8 Å². The number of aromatic amines is 1. The molecule has 0 saturated carbocycles. The highest BCUT2D eigenvalue weighted by molar-refractivity contribution is 5.98. The molecule has 3 aromatic rings. The van der Waals surface area contributed by atoms with Crippen molar-refractivity contribution in [1.29, 1.82) is 0 Å². The first-order chi connectivity index (χ1) is 17.9. The third-order valence-electron chi connectivity index (χ3n) is 5.82. The first kappa shape index (κ1) is 25.6. The summed E-state index contributed by atoms with van der Waals surface area (Å²) in [6.45, 7) is 8.66. The van der Waals surface area contributed by atoms with E-state index in [1.807, 2.05) is 13.0 Å². The lowest BCUT2D eigenvalue weighted by atomic mass is 10.2. The summed E-state index contributed by atoms with van der Waals surface area (Å²) in [5.74, 6) is 0.534. The number of ether oxygens (including phenoxy) is 1. The number of hydrogen-bond acceptors (Lipinski definition) is 7. The molecule has 0 aliphatic carbocycles. The van der Waals surface area contributed by atoms with Gasteiger partial charge in [0.1, 0.15) is 17.9 Å². The molecule has 1 fully saturated rings. The van der Waals surface area contributed by atoms with E-state index in [1.54, 1.807) is 42.6 Å². The molecule has 3 N–H and O–H groups in total. The van der Waals surface area contributed by atoms with Crippen molar-refractivity contribution in [2.24, 2.45) is 0 Å². The molecule has 1 aromatic heterocycles. The van der Waals surface area contributed by atoms with Crippen LogP contribution in [0.25, 0.3) is 0 Å². The fourth-order valence-electron chi connectivity index (χ4n) is 3.74. The number of piperazine rings is 1. The number of nitrogens with zero attached hydrogens (tertiary/aromatic N) is 4. The molecule has 192 valence electrons. The molecule has 0 atom stereocenters. The zero-order valence-electron chi connectivity index (χ0n) is 20.9. The van der Waals surface area contributed by atoms with Gasteiger partial charge in [-0.05, 0) is 56.4 Å². The number of likely N-dealkylation sites (N-methyl/N-ethyl adjacent to an activating group) is 1. The Morgan fingerprint density at radius 1 is 1.14 bits per heavy atom. The van der Waals surface area contributed by atoms with E-state index < -0.39 is 0 Å². The quantitative estimate of drug-likeness (QED) is 0.399. The van der Waals surface area contributed by atoms with Gasteiger partial charge in [0.25, 0.3) is 0 Å². The lowest BCUT2D eigenvalue weighted by molar-refractivity contribution is -0.111. The van der Waals surface area contributed by atoms with E-state index in [4.69, 9.17) is 4.74 Å². The molecule has 4 rings (SSSR count). The van der Waals surface area contributed by atoms with Gasteiger partial charge in [0.15, 0.2) is 0 Å². The molecule has 0 bridgehead atoms. The summed E-state index contributed by atoms with van der Waals surface area (Å²) in [6, 6.07) is 13.8. The van der Waals surface area contributed by atoms with Crippen LogP contribution in [0.4, 0.5) is 27.4 Å². The van der Waals surface area contributed by atoms with Gasteiger partial charge in [-0.15, -0.1) is 0 Å². The summed E-state index contributed by atoms with van der Waals surface area (Å²) in [4.78, 5) is 27.5. The van der Waals surface area contributed by atoms with Gasteiger partial charge in [0.2, 0.25) is 17.7 Å². The number of aromatic nitrogens is 3. The Balaban J connectivity index is 1.59. The molecule has 1 amide bonds. The number of carbonyl (C=O) groups excluding carboxylic acids is 1. The number of halogens is 1. The van der Waals surface area contributed by atoms with Gasteiger partial charge < -0.3 is 25.2 Å². The summed E-state index contributed by atoms with van der Waals surface area (Å²) in [5.41, 5.74) is 2.40. The zero-order chi connectivity index (χ0) is 26.2. The van der Waals surface area contributed by atoms with Crippen LogP contribution in [0.3, 0.4) is 0 Å². The van der Waals surface area contributed by atoms with Crippen LogP contribution >= 0.6 is 0 Å². The van der Waals surface area contributed by atoms with Gasteiger partial charge in [-0.25, -0.2) is 14.4 Å². The number of H-pyrrole nitrogens is 1. The van der Waals surface area contributed by atoms with E-state index in [-0.39, 0.29) is 11.7 Å². The Labute approximate surface area is 215 Å². The molecule has 9 nitrogen and oxygen atoms in total. The van der Waals surface area contributed by atoms with Gasteiger partial charge >= 0.3 is 0 Å². The monoisotopic (exact) mass is 503 g/mol. The molecule has 0 unspecified atom stereocenters. The maximum Gasteiger partial charge on any atom is 0.247 e. The van der Waals surface area contributed by atoms with Crippen LogP contribution in [-0.4, -0.2) is 59.0 Å². The van der Waals surface area contributed by atoms with Gasteiger partial charge in [-0.2, -0.15) is 0 Å². The van der Waals surface area contributed by atoms with E-state index in [1.165, 1.54) is 18.5 Å². The van der Waals surface area contributed by atoms with Gasteiger partial charge in [-0.1, -0.05) is 12.6 Å². The summed E-state index contributed by atoms with van der Waals surface area (Å²) >= 11 is 0. The minimum Gasteiger partial charge on any atom is -0.441 e. The smallest absolute Gasteiger partial charge is 0.247 e. The lowest BCUT2D eigenvalue weighted by Crippen LogP contribution is -2.44. The first-order valence-corrected chi connectivity index (χ1v) is 11.9. The fourth-order valence-corrected chi connectivity index (χ4v) is 3.74. The highest BCUT2D eigenvalue weighted by Gasteiger charge is 2.17. The number of nitrogens with one attached hydrogen (secondary N) is 3. The number of aryl methyl sites for hydroxylation is 1. The largest absolute Gasteiger partial charge is 0.441 e. The van der Waals surface area contributed by atoms with Crippen LogP contribution in [0.2, 0.25) is 0 Å².